The Labute approximate surface area is 140 Å². The highest BCUT2D eigenvalue weighted by atomic mass is 35.5. The summed E-state index contributed by atoms with van der Waals surface area (Å²) in [6.45, 7) is 0.786. The second kappa shape index (κ2) is 8.05. The number of sulfone groups is 1. The van der Waals surface area contributed by atoms with Gasteiger partial charge in [-0.3, -0.25) is 4.79 Å². The summed E-state index contributed by atoms with van der Waals surface area (Å²) in [6.07, 6.45) is 0.813. The number of halogens is 2. The van der Waals surface area contributed by atoms with Crippen LogP contribution in [0, 0.1) is 5.82 Å². The number of carbonyl (C=O) groups excluding carboxylic acids is 1. The Morgan fingerprint density at radius 3 is 2.39 bits per heavy atom. The molecule has 3 N–H and O–H groups in total. The molecule has 1 aliphatic heterocycles. The lowest BCUT2D eigenvalue weighted by Gasteiger charge is -2.31. The summed E-state index contributed by atoms with van der Waals surface area (Å²) in [5.74, 6) is -1.14. The van der Waals surface area contributed by atoms with Crippen LogP contribution in [0.4, 0.5) is 4.39 Å². The van der Waals surface area contributed by atoms with Crippen LogP contribution < -0.4 is 11.1 Å². The van der Waals surface area contributed by atoms with E-state index in [1.807, 2.05) is 0 Å². The van der Waals surface area contributed by atoms with Crippen LogP contribution in [-0.2, 0) is 19.4 Å². The molecule has 23 heavy (non-hydrogen) atoms. The summed E-state index contributed by atoms with van der Waals surface area (Å²) in [6, 6.07) is 4.58. The van der Waals surface area contributed by atoms with E-state index in [-0.39, 0.29) is 35.5 Å². The number of hydrogen-bond acceptors (Lipinski definition) is 5. The predicted molar refractivity (Wildman–Crippen MR) is 85.7 cm³/mol. The van der Waals surface area contributed by atoms with Crippen molar-refractivity contribution in [1.82, 2.24) is 5.32 Å². The van der Waals surface area contributed by atoms with Crippen molar-refractivity contribution in [3.05, 3.63) is 30.1 Å². The van der Waals surface area contributed by atoms with Gasteiger partial charge in [-0.1, -0.05) is 0 Å². The minimum absolute atomic E-state index is 0. The van der Waals surface area contributed by atoms with Gasteiger partial charge in [-0.2, -0.15) is 0 Å². The van der Waals surface area contributed by atoms with Gasteiger partial charge in [-0.15, -0.1) is 12.4 Å². The number of amides is 1. The van der Waals surface area contributed by atoms with Gasteiger partial charge in [0.15, 0.2) is 9.84 Å². The van der Waals surface area contributed by atoms with Crippen LogP contribution in [0.5, 0.6) is 0 Å². The van der Waals surface area contributed by atoms with E-state index in [0.717, 1.165) is 12.1 Å². The highest BCUT2D eigenvalue weighted by Gasteiger charge is 2.35. The van der Waals surface area contributed by atoms with Gasteiger partial charge in [0.2, 0.25) is 5.91 Å². The Morgan fingerprint density at radius 2 is 1.83 bits per heavy atom. The van der Waals surface area contributed by atoms with E-state index in [1.54, 1.807) is 0 Å². The van der Waals surface area contributed by atoms with Crippen molar-refractivity contribution < 1.29 is 22.3 Å². The third-order valence-electron chi connectivity index (χ3n) is 3.67. The number of nitrogens with two attached hydrogens (primary N) is 1. The van der Waals surface area contributed by atoms with Crippen molar-refractivity contribution in [2.75, 3.05) is 25.5 Å². The Morgan fingerprint density at radius 1 is 1.26 bits per heavy atom. The number of carbonyl (C=O) groups is 1. The summed E-state index contributed by atoms with van der Waals surface area (Å²) in [5, 5.41) is 2.56. The minimum atomic E-state index is -3.57. The molecule has 1 aromatic rings. The minimum Gasteiger partial charge on any atom is -0.381 e. The first-order chi connectivity index (χ1) is 10.3. The monoisotopic (exact) mass is 366 g/mol. The third kappa shape index (κ3) is 5.13. The van der Waals surface area contributed by atoms with Crippen molar-refractivity contribution >= 4 is 28.2 Å². The normalized spacial score (nSPS) is 17.1. The zero-order chi connectivity index (χ0) is 16.2. The molecule has 0 aromatic heterocycles. The summed E-state index contributed by atoms with van der Waals surface area (Å²) in [4.78, 5) is 12.1. The molecule has 130 valence electrons. The van der Waals surface area contributed by atoms with E-state index in [4.69, 9.17) is 10.5 Å². The largest absolute Gasteiger partial charge is 0.381 e. The molecule has 1 saturated heterocycles. The van der Waals surface area contributed by atoms with Crippen LogP contribution in [0.1, 0.15) is 12.8 Å². The van der Waals surface area contributed by atoms with Gasteiger partial charge in [-0.05, 0) is 37.1 Å². The molecule has 1 aromatic carbocycles. The molecule has 0 spiro atoms. The fourth-order valence-corrected chi connectivity index (χ4v) is 3.35. The molecule has 0 unspecified atom stereocenters. The quantitative estimate of drug-likeness (QED) is 0.745. The smallest absolute Gasteiger partial charge is 0.240 e. The third-order valence-corrected chi connectivity index (χ3v) is 5.40. The molecule has 0 atom stereocenters. The number of hydrogen-bond donors (Lipinski definition) is 2. The van der Waals surface area contributed by atoms with E-state index >= 15 is 0 Å². The van der Waals surface area contributed by atoms with E-state index in [2.05, 4.69) is 5.32 Å². The highest BCUT2D eigenvalue weighted by Crippen LogP contribution is 2.17. The van der Waals surface area contributed by atoms with Gasteiger partial charge in [-0.25, -0.2) is 12.8 Å². The molecule has 1 amide bonds. The zero-order valence-electron chi connectivity index (χ0n) is 12.5. The molecule has 2 rings (SSSR count). The summed E-state index contributed by atoms with van der Waals surface area (Å²) in [7, 11) is -3.57. The molecular formula is C14H20ClFN2O4S. The van der Waals surface area contributed by atoms with Crippen LogP contribution >= 0.6 is 12.4 Å². The second-order valence-corrected chi connectivity index (χ2v) is 7.41. The molecule has 0 bridgehead atoms. The maximum absolute atomic E-state index is 12.8. The standard InChI is InChI=1S/C14H19FN2O4S.ClH/c15-11-1-3-12(4-2-11)22(19,20)10-7-17-13(18)14(16)5-8-21-9-6-14;/h1-4H,5-10,16H2,(H,17,18);1H. The summed E-state index contributed by atoms with van der Waals surface area (Å²) >= 11 is 0. The summed E-state index contributed by atoms with van der Waals surface area (Å²) in [5.41, 5.74) is 4.99. The fraction of sp³-hybridized carbons (Fsp3) is 0.500. The fourth-order valence-electron chi connectivity index (χ4n) is 2.20. The summed E-state index contributed by atoms with van der Waals surface area (Å²) < 4.78 is 42.1. The predicted octanol–water partition coefficient (Wildman–Crippen LogP) is 0.645. The average molecular weight is 367 g/mol. The molecule has 1 heterocycles. The molecule has 1 aliphatic rings. The number of benzene rings is 1. The van der Waals surface area contributed by atoms with Crippen molar-refractivity contribution in [2.24, 2.45) is 5.73 Å². The van der Waals surface area contributed by atoms with Crippen LogP contribution in [0.25, 0.3) is 0 Å². The molecule has 0 saturated carbocycles. The Hall–Kier alpha value is -1.22. The van der Waals surface area contributed by atoms with Crippen molar-refractivity contribution in [3.8, 4) is 0 Å². The van der Waals surface area contributed by atoms with E-state index in [1.165, 1.54) is 12.1 Å². The zero-order valence-corrected chi connectivity index (χ0v) is 14.1. The molecule has 0 radical (unpaired) electrons. The molecule has 9 heteroatoms. The first-order valence-electron chi connectivity index (χ1n) is 6.97. The van der Waals surface area contributed by atoms with Gasteiger partial charge >= 0.3 is 0 Å². The van der Waals surface area contributed by atoms with Gasteiger partial charge in [0.25, 0.3) is 0 Å². The van der Waals surface area contributed by atoms with Gasteiger partial charge in [0.1, 0.15) is 5.82 Å². The van der Waals surface area contributed by atoms with Gasteiger partial charge in [0, 0.05) is 19.8 Å². The Balaban J connectivity index is 0.00000264. The lowest BCUT2D eigenvalue weighted by Crippen LogP contribution is -2.57. The van der Waals surface area contributed by atoms with Crippen LogP contribution in [0.2, 0.25) is 0 Å². The van der Waals surface area contributed by atoms with Crippen LogP contribution in [0.15, 0.2) is 29.2 Å². The Bertz CT molecular complexity index is 631. The van der Waals surface area contributed by atoms with Crippen LogP contribution in [0.3, 0.4) is 0 Å². The second-order valence-electron chi connectivity index (χ2n) is 5.30. The molecular weight excluding hydrogens is 347 g/mol. The number of nitrogens with one attached hydrogen (secondary N) is 1. The van der Waals surface area contributed by atoms with Crippen molar-refractivity contribution in [3.63, 3.8) is 0 Å². The highest BCUT2D eigenvalue weighted by molar-refractivity contribution is 7.91. The first-order valence-corrected chi connectivity index (χ1v) is 8.62. The SMILES string of the molecule is Cl.NC1(C(=O)NCCS(=O)(=O)c2ccc(F)cc2)CCOCC1. The first kappa shape index (κ1) is 19.8. The molecule has 6 nitrogen and oxygen atoms in total. The maximum atomic E-state index is 12.8. The van der Waals surface area contributed by atoms with E-state index < -0.39 is 21.2 Å². The lowest BCUT2D eigenvalue weighted by molar-refractivity contribution is -0.129. The van der Waals surface area contributed by atoms with Crippen molar-refractivity contribution in [2.45, 2.75) is 23.3 Å². The average Bonchev–Trinajstić information content (AvgIpc) is 2.48. The van der Waals surface area contributed by atoms with E-state index in [0.29, 0.717) is 26.1 Å². The van der Waals surface area contributed by atoms with Gasteiger partial charge in [0.05, 0.1) is 16.2 Å². The van der Waals surface area contributed by atoms with Gasteiger partial charge < -0.3 is 15.8 Å². The number of ether oxygens (including phenoxy) is 1. The van der Waals surface area contributed by atoms with Crippen molar-refractivity contribution in [1.29, 1.82) is 0 Å². The maximum Gasteiger partial charge on any atom is 0.240 e. The van der Waals surface area contributed by atoms with E-state index in [9.17, 15) is 17.6 Å². The number of rotatable bonds is 5. The van der Waals surface area contributed by atoms with Crippen LogP contribution in [-0.4, -0.2) is 45.4 Å². The molecule has 1 fully saturated rings. The molecule has 0 aliphatic carbocycles. The topological polar surface area (TPSA) is 98.5 Å². The lowest BCUT2D eigenvalue weighted by atomic mass is 9.90. The Kier molecular flexibility index (Phi) is 6.94.